The van der Waals surface area contributed by atoms with Gasteiger partial charge in [0, 0.05) is 29.2 Å². The second-order valence-electron chi connectivity index (χ2n) is 7.30. The standard InChI is InChI=1S/C24H27BrN4O2/c1-4-18-7-12-22(21(25)15-18)31-13-5-6-23(30)28-19-8-10-20(11-9-19)29-24-26-16(2)14-17(3)27-24/h7-12,14-15H,4-6,13H2,1-3H3,(H,28,30)(H,26,27,29). The van der Waals surface area contributed by atoms with Gasteiger partial charge in [-0.25, -0.2) is 9.97 Å². The number of aryl methyl sites for hydroxylation is 3. The molecule has 2 N–H and O–H groups in total. The van der Waals surface area contributed by atoms with Crippen LogP contribution >= 0.6 is 15.9 Å². The van der Waals surface area contributed by atoms with Gasteiger partial charge in [0.05, 0.1) is 11.1 Å². The fourth-order valence-electron chi connectivity index (χ4n) is 3.07. The molecule has 0 bridgehead atoms. The third-order valence-corrected chi connectivity index (χ3v) is 5.24. The fraction of sp³-hybridized carbons (Fsp3) is 0.292. The largest absolute Gasteiger partial charge is 0.492 e. The predicted molar refractivity (Wildman–Crippen MR) is 128 cm³/mol. The maximum Gasteiger partial charge on any atom is 0.227 e. The quantitative estimate of drug-likeness (QED) is 0.368. The molecule has 6 nitrogen and oxygen atoms in total. The smallest absolute Gasteiger partial charge is 0.227 e. The van der Waals surface area contributed by atoms with E-state index >= 15 is 0 Å². The first-order chi connectivity index (χ1) is 14.9. The van der Waals surface area contributed by atoms with Crippen LogP contribution in [-0.4, -0.2) is 22.5 Å². The van der Waals surface area contributed by atoms with Gasteiger partial charge in [0.15, 0.2) is 0 Å². The van der Waals surface area contributed by atoms with Crippen molar-refractivity contribution in [1.82, 2.24) is 9.97 Å². The molecular formula is C24H27BrN4O2. The van der Waals surface area contributed by atoms with Crippen molar-refractivity contribution in [3.63, 3.8) is 0 Å². The van der Waals surface area contributed by atoms with Gasteiger partial charge in [-0.2, -0.15) is 0 Å². The molecule has 3 aromatic rings. The number of anilines is 3. The molecule has 2 aromatic carbocycles. The number of nitrogens with zero attached hydrogens (tertiary/aromatic N) is 2. The molecule has 1 heterocycles. The van der Waals surface area contributed by atoms with Crippen LogP contribution in [0.4, 0.5) is 17.3 Å². The third-order valence-electron chi connectivity index (χ3n) is 4.62. The molecule has 7 heteroatoms. The topological polar surface area (TPSA) is 76.1 Å². The molecule has 0 radical (unpaired) electrons. The maximum atomic E-state index is 12.2. The summed E-state index contributed by atoms with van der Waals surface area (Å²) >= 11 is 3.53. The van der Waals surface area contributed by atoms with E-state index in [4.69, 9.17) is 4.74 Å². The minimum Gasteiger partial charge on any atom is -0.492 e. The number of carbonyl (C=O) groups is 1. The first-order valence-corrected chi connectivity index (χ1v) is 11.1. The molecule has 3 rings (SSSR count). The lowest BCUT2D eigenvalue weighted by atomic mass is 10.2. The van der Waals surface area contributed by atoms with Crippen LogP contribution in [0.5, 0.6) is 5.75 Å². The van der Waals surface area contributed by atoms with E-state index in [9.17, 15) is 4.79 Å². The Morgan fingerprint density at radius 3 is 2.32 bits per heavy atom. The molecular weight excluding hydrogens is 456 g/mol. The Balaban J connectivity index is 1.43. The van der Waals surface area contributed by atoms with Crippen molar-refractivity contribution in [3.8, 4) is 5.75 Å². The highest BCUT2D eigenvalue weighted by Crippen LogP contribution is 2.26. The molecule has 0 fully saturated rings. The zero-order valence-corrected chi connectivity index (χ0v) is 19.6. The van der Waals surface area contributed by atoms with Gasteiger partial charge in [-0.05, 0) is 90.6 Å². The Bertz CT molecular complexity index is 1020. The molecule has 1 aromatic heterocycles. The van der Waals surface area contributed by atoms with E-state index in [0.717, 1.165) is 39.4 Å². The molecule has 162 valence electrons. The van der Waals surface area contributed by atoms with Crippen LogP contribution in [-0.2, 0) is 11.2 Å². The Labute approximate surface area is 191 Å². The summed E-state index contributed by atoms with van der Waals surface area (Å²) in [5, 5.41) is 6.09. The van der Waals surface area contributed by atoms with E-state index in [0.29, 0.717) is 25.4 Å². The van der Waals surface area contributed by atoms with Crippen LogP contribution in [0.2, 0.25) is 0 Å². The molecule has 0 saturated carbocycles. The average Bonchev–Trinajstić information content (AvgIpc) is 2.72. The zero-order valence-electron chi connectivity index (χ0n) is 18.0. The molecule has 0 unspecified atom stereocenters. The minimum absolute atomic E-state index is 0.0395. The number of rotatable bonds is 9. The van der Waals surface area contributed by atoms with Gasteiger partial charge in [0.2, 0.25) is 11.9 Å². The highest BCUT2D eigenvalue weighted by Gasteiger charge is 2.06. The minimum atomic E-state index is -0.0395. The Hall–Kier alpha value is -2.93. The Morgan fingerprint density at radius 2 is 1.68 bits per heavy atom. The first kappa shape index (κ1) is 22.7. The van der Waals surface area contributed by atoms with Crippen molar-refractivity contribution in [3.05, 3.63) is 70.0 Å². The summed E-state index contributed by atoms with van der Waals surface area (Å²) in [5.74, 6) is 1.32. The summed E-state index contributed by atoms with van der Waals surface area (Å²) in [6.07, 6.45) is 2.01. The number of hydrogen-bond donors (Lipinski definition) is 2. The van der Waals surface area contributed by atoms with Gasteiger partial charge < -0.3 is 15.4 Å². The molecule has 0 aliphatic rings. The highest BCUT2D eigenvalue weighted by molar-refractivity contribution is 9.10. The molecule has 0 saturated heterocycles. The Kier molecular flexibility index (Phi) is 8.00. The second kappa shape index (κ2) is 10.9. The van der Waals surface area contributed by atoms with E-state index in [-0.39, 0.29) is 5.91 Å². The summed E-state index contributed by atoms with van der Waals surface area (Å²) in [6, 6.07) is 15.5. The van der Waals surface area contributed by atoms with Crippen LogP contribution in [0.1, 0.15) is 36.7 Å². The Morgan fingerprint density at radius 1 is 1.00 bits per heavy atom. The second-order valence-corrected chi connectivity index (χ2v) is 8.15. The van der Waals surface area contributed by atoms with E-state index in [1.165, 1.54) is 5.56 Å². The number of ether oxygens (including phenoxy) is 1. The van der Waals surface area contributed by atoms with E-state index < -0.39 is 0 Å². The average molecular weight is 483 g/mol. The monoisotopic (exact) mass is 482 g/mol. The number of benzene rings is 2. The lowest BCUT2D eigenvalue weighted by Crippen LogP contribution is -2.12. The molecule has 0 atom stereocenters. The normalized spacial score (nSPS) is 10.6. The van der Waals surface area contributed by atoms with Gasteiger partial charge in [-0.15, -0.1) is 0 Å². The van der Waals surface area contributed by atoms with Crippen molar-refractivity contribution in [2.45, 2.75) is 40.0 Å². The van der Waals surface area contributed by atoms with E-state index in [2.05, 4.69) is 55.6 Å². The van der Waals surface area contributed by atoms with Crippen LogP contribution in [0.25, 0.3) is 0 Å². The summed E-state index contributed by atoms with van der Waals surface area (Å²) in [5.41, 5.74) is 4.68. The van der Waals surface area contributed by atoms with Crippen molar-refractivity contribution in [1.29, 1.82) is 0 Å². The highest BCUT2D eigenvalue weighted by atomic mass is 79.9. The van der Waals surface area contributed by atoms with Crippen molar-refractivity contribution in [2.75, 3.05) is 17.2 Å². The number of halogens is 1. The SMILES string of the molecule is CCc1ccc(OCCCC(=O)Nc2ccc(Nc3nc(C)cc(C)n3)cc2)c(Br)c1. The third kappa shape index (κ3) is 7.07. The van der Waals surface area contributed by atoms with Crippen molar-refractivity contribution < 1.29 is 9.53 Å². The lowest BCUT2D eigenvalue weighted by Gasteiger charge is -2.10. The summed E-state index contributed by atoms with van der Waals surface area (Å²) in [7, 11) is 0. The van der Waals surface area contributed by atoms with Crippen LogP contribution in [0.3, 0.4) is 0 Å². The number of hydrogen-bond acceptors (Lipinski definition) is 5. The van der Waals surface area contributed by atoms with Crippen molar-refractivity contribution in [2.24, 2.45) is 0 Å². The van der Waals surface area contributed by atoms with Gasteiger partial charge in [-0.1, -0.05) is 13.0 Å². The number of aromatic nitrogens is 2. The van der Waals surface area contributed by atoms with Crippen LogP contribution < -0.4 is 15.4 Å². The summed E-state index contributed by atoms with van der Waals surface area (Å²) in [6.45, 7) is 6.47. The first-order valence-electron chi connectivity index (χ1n) is 10.3. The summed E-state index contributed by atoms with van der Waals surface area (Å²) in [4.78, 5) is 21.0. The summed E-state index contributed by atoms with van der Waals surface area (Å²) < 4.78 is 6.72. The van der Waals surface area contributed by atoms with Gasteiger partial charge in [0.1, 0.15) is 5.75 Å². The van der Waals surface area contributed by atoms with Gasteiger partial charge in [-0.3, -0.25) is 4.79 Å². The zero-order chi connectivity index (χ0) is 22.2. The number of carbonyl (C=O) groups excluding carboxylic acids is 1. The molecule has 0 aliphatic carbocycles. The predicted octanol–water partition coefficient (Wildman–Crippen LogP) is 5.96. The fourth-order valence-corrected chi connectivity index (χ4v) is 3.61. The maximum absolute atomic E-state index is 12.2. The molecule has 31 heavy (non-hydrogen) atoms. The lowest BCUT2D eigenvalue weighted by molar-refractivity contribution is -0.116. The van der Waals surface area contributed by atoms with Crippen molar-refractivity contribution >= 4 is 39.2 Å². The molecule has 1 amide bonds. The van der Waals surface area contributed by atoms with E-state index in [1.54, 1.807) is 0 Å². The number of nitrogens with one attached hydrogen (secondary N) is 2. The van der Waals surface area contributed by atoms with Gasteiger partial charge in [0.25, 0.3) is 0 Å². The molecule has 0 spiro atoms. The van der Waals surface area contributed by atoms with E-state index in [1.807, 2.05) is 50.2 Å². The number of amides is 1. The van der Waals surface area contributed by atoms with Crippen LogP contribution in [0.15, 0.2) is 53.0 Å². The van der Waals surface area contributed by atoms with Gasteiger partial charge >= 0.3 is 0 Å². The van der Waals surface area contributed by atoms with Crippen LogP contribution in [0, 0.1) is 13.8 Å². The molecule has 0 aliphatic heterocycles.